The Kier molecular flexibility index (Phi) is 5.04. The first-order valence-electron chi connectivity index (χ1n) is 8.05. The standard InChI is InChI=1S/C18H28N2O/c1-5-20(12-16-8-6-7-15(4)11-16)17(21)18(14(2)3)9-10-19-13-18/h6-8,11,14,19H,5,9-10,12-13H2,1-4H3. The SMILES string of the molecule is CCN(Cc1cccc(C)c1)C(=O)C1(C(C)C)CCNC1. The van der Waals surface area contributed by atoms with Crippen LogP contribution in [0.3, 0.4) is 0 Å². The third-order valence-electron chi connectivity index (χ3n) is 4.84. The van der Waals surface area contributed by atoms with Crippen LogP contribution in [0.1, 0.15) is 38.3 Å². The average Bonchev–Trinajstić information content (AvgIpc) is 2.95. The molecule has 116 valence electrons. The van der Waals surface area contributed by atoms with Crippen LogP contribution in [0, 0.1) is 18.3 Å². The van der Waals surface area contributed by atoms with E-state index in [1.807, 2.05) is 4.90 Å². The molecule has 0 aromatic heterocycles. The van der Waals surface area contributed by atoms with E-state index < -0.39 is 0 Å². The number of nitrogens with one attached hydrogen (secondary N) is 1. The molecule has 0 saturated carbocycles. The summed E-state index contributed by atoms with van der Waals surface area (Å²) in [5.41, 5.74) is 2.24. The van der Waals surface area contributed by atoms with Gasteiger partial charge >= 0.3 is 0 Å². The predicted molar refractivity (Wildman–Crippen MR) is 87.0 cm³/mol. The number of amides is 1. The third kappa shape index (κ3) is 3.29. The Balaban J connectivity index is 2.18. The number of benzene rings is 1. The van der Waals surface area contributed by atoms with Gasteiger partial charge in [-0.05, 0) is 38.3 Å². The molecule has 2 rings (SSSR count). The van der Waals surface area contributed by atoms with Gasteiger partial charge in [0.25, 0.3) is 0 Å². The lowest BCUT2D eigenvalue weighted by atomic mass is 9.75. The number of hydrogen-bond donors (Lipinski definition) is 1. The predicted octanol–water partition coefficient (Wildman–Crippen LogP) is 2.98. The summed E-state index contributed by atoms with van der Waals surface area (Å²) < 4.78 is 0. The summed E-state index contributed by atoms with van der Waals surface area (Å²) in [5, 5.41) is 3.38. The van der Waals surface area contributed by atoms with Gasteiger partial charge in [0.2, 0.25) is 5.91 Å². The summed E-state index contributed by atoms with van der Waals surface area (Å²) in [6, 6.07) is 8.44. The molecule has 1 aliphatic heterocycles. The van der Waals surface area contributed by atoms with Gasteiger partial charge < -0.3 is 10.2 Å². The van der Waals surface area contributed by atoms with Crippen molar-refractivity contribution >= 4 is 5.91 Å². The second-order valence-corrected chi connectivity index (χ2v) is 6.55. The van der Waals surface area contributed by atoms with Crippen molar-refractivity contribution in [3.05, 3.63) is 35.4 Å². The Labute approximate surface area is 128 Å². The van der Waals surface area contributed by atoms with Crippen molar-refractivity contribution in [3.8, 4) is 0 Å². The van der Waals surface area contributed by atoms with E-state index in [9.17, 15) is 4.79 Å². The van der Waals surface area contributed by atoms with Gasteiger partial charge in [-0.25, -0.2) is 0 Å². The van der Waals surface area contributed by atoms with Crippen LogP contribution < -0.4 is 5.32 Å². The summed E-state index contributed by atoms with van der Waals surface area (Å²) in [5.74, 6) is 0.679. The topological polar surface area (TPSA) is 32.3 Å². The van der Waals surface area contributed by atoms with E-state index >= 15 is 0 Å². The van der Waals surface area contributed by atoms with Crippen molar-refractivity contribution in [1.29, 1.82) is 0 Å². The Hall–Kier alpha value is -1.35. The molecule has 21 heavy (non-hydrogen) atoms. The second-order valence-electron chi connectivity index (χ2n) is 6.55. The van der Waals surface area contributed by atoms with Gasteiger partial charge in [-0.3, -0.25) is 4.79 Å². The van der Waals surface area contributed by atoms with Crippen LogP contribution in [-0.4, -0.2) is 30.4 Å². The summed E-state index contributed by atoms with van der Waals surface area (Å²) in [7, 11) is 0. The number of carbonyl (C=O) groups is 1. The van der Waals surface area contributed by atoms with E-state index in [-0.39, 0.29) is 5.41 Å². The molecule has 1 heterocycles. The van der Waals surface area contributed by atoms with Gasteiger partial charge in [0.05, 0.1) is 5.41 Å². The van der Waals surface area contributed by atoms with Gasteiger partial charge in [0.1, 0.15) is 0 Å². The fraction of sp³-hybridized carbons (Fsp3) is 0.611. The van der Waals surface area contributed by atoms with Crippen LogP contribution in [0.2, 0.25) is 0 Å². The molecule has 0 bridgehead atoms. The van der Waals surface area contributed by atoms with Gasteiger partial charge in [-0.15, -0.1) is 0 Å². The van der Waals surface area contributed by atoms with Crippen LogP contribution in [0.5, 0.6) is 0 Å². The normalized spacial score (nSPS) is 21.8. The van der Waals surface area contributed by atoms with Crippen molar-refractivity contribution in [2.24, 2.45) is 11.3 Å². The van der Waals surface area contributed by atoms with Crippen LogP contribution in [0.25, 0.3) is 0 Å². The fourth-order valence-corrected chi connectivity index (χ4v) is 3.31. The molecular weight excluding hydrogens is 260 g/mol. The highest BCUT2D eigenvalue weighted by Gasteiger charge is 2.45. The van der Waals surface area contributed by atoms with Crippen molar-refractivity contribution < 1.29 is 4.79 Å². The van der Waals surface area contributed by atoms with Gasteiger partial charge in [-0.1, -0.05) is 43.7 Å². The maximum Gasteiger partial charge on any atom is 0.230 e. The van der Waals surface area contributed by atoms with E-state index in [1.165, 1.54) is 11.1 Å². The zero-order chi connectivity index (χ0) is 15.5. The molecule has 3 heteroatoms. The smallest absolute Gasteiger partial charge is 0.230 e. The highest BCUT2D eigenvalue weighted by Crippen LogP contribution is 2.36. The quantitative estimate of drug-likeness (QED) is 0.903. The number of nitrogens with zero attached hydrogens (tertiary/aromatic N) is 1. The molecule has 0 spiro atoms. The van der Waals surface area contributed by atoms with Gasteiger partial charge in [0.15, 0.2) is 0 Å². The molecule has 3 nitrogen and oxygen atoms in total. The summed E-state index contributed by atoms with van der Waals surface area (Å²) in [4.78, 5) is 15.1. The first-order valence-corrected chi connectivity index (χ1v) is 8.05. The van der Waals surface area contributed by atoms with E-state index in [1.54, 1.807) is 0 Å². The van der Waals surface area contributed by atoms with Crippen LogP contribution in [0.15, 0.2) is 24.3 Å². The molecule has 1 saturated heterocycles. The van der Waals surface area contributed by atoms with E-state index in [4.69, 9.17) is 0 Å². The Morgan fingerprint density at radius 2 is 2.19 bits per heavy atom. The molecular formula is C18H28N2O. The van der Waals surface area contributed by atoms with Crippen LogP contribution >= 0.6 is 0 Å². The molecule has 1 fully saturated rings. The van der Waals surface area contributed by atoms with E-state index in [0.717, 1.165) is 26.1 Å². The average molecular weight is 288 g/mol. The lowest BCUT2D eigenvalue weighted by molar-refractivity contribution is -0.144. The van der Waals surface area contributed by atoms with Crippen LogP contribution in [-0.2, 0) is 11.3 Å². The summed E-state index contributed by atoms with van der Waals surface area (Å²) >= 11 is 0. The Morgan fingerprint density at radius 1 is 1.43 bits per heavy atom. The first kappa shape index (κ1) is 16.0. The largest absolute Gasteiger partial charge is 0.338 e. The number of aryl methyl sites for hydroxylation is 1. The third-order valence-corrected chi connectivity index (χ3v) is 4.84. The molecule has 1 aliphatic rings. The first-order chi connectivity index (χ1) is 9.99. The Morgan fingerprint density at radius 3 is 2.71 bits per heavy atom. The maximum absolute atomic E-state index is 13.1. The minimum atomic E-state index is -0.222. The molecule has 0 radical (unpaired) electrons. The second kappa shape index (κ2) is 6.61. The molecule has 1 N–H and O–H groups in total. The minimum absolute atomic E-state index is 0.222. The van der Waals surface area contributed by atoms with Crippen molar-refractivity contribution in [2.45, 2.75) is 40.7 Å². The highest BCUT2D eigenvalue weighted by atomic mass is 16.2. The number of carbonyl (C=O) groups excluding carboxylic acids is 1. The van der Waals surface area contributed by atoms with E-state index in [0.29, 0.717) is 18.4 Å². The lowest BCUT2D eigenvalue weighted by Gasteiger charge is -2.36. The van der Waals surface area contributed by atoms with Crippen LogP contribution in [0.4, 0.5) is 0 Å². The number of hydrogen-bond acceptors (Lipinski definition) is 2. The zero-order valence-electron chi connectivity index (χ0n) is 13.8. The molecule has 1 aromatic rings. The summed E-state index contributed by atoms with van der Waals surface area (Å²) in [6.07, 6.45) is 0.952. The molecule has 1 aromatic carbocycles. The fourth-order valence-electron chi connectivity index (χ4n) is 3.31. The summed E-state index contributed by atoms with van der Waals surface area (Å²) in [6.45, 7) is 11.8. The Bertz CT molecular complexity index is 490. The minimum Gasteiger partial charge on any atom is -0.338 e. The van der Waals surface area contributed by atoms with Crippen molar-refractivity contribution in [2.75, 3.05) is 19.6 Å². The maximum atomic E-state index is 13.1. The lowest BCUT2D eigenvalue weighted by Crippen LogP contribution is -2.48. The van der Waals surface area contributed by atoms with Gasteiger partial charge in [-0.2, -0.15) is 0 Å². The van der Waals surface area contributed by atoms with Crippen molar-refractivity contribution in [3.63, 3.8) is 0 Å². The molecule has 1 amide bonds. The van der Waals surface area contributed by atoms with Gasteiger partial charge in [0, 0.05) is 19.6 Å². The number of rotatable bonds is 5. The molecule has 1 atom stereocenters. The molecule has 1 unspecified atom stereocenters. The highest BCUT2D eigenvalue weighted by molar-refractivity contribution is 5.83. The molecule has 0 aliphatic carbocycles. The van der Waals surface area contributed by atoms with Crippen molar-refractivity contribution in [1.82, 2.24) is 10.2 Å². The monoisotopic (exact) mass is 288 g/mol. The zero-order valence-corrected chi connectivity index (χ0v) is 13.8. The van der Waals surface area contributed by atoms with E-state index in [2.05, 4.69) is 57.3 Å².